The van der Waals surface area contributed by atoms with E-state index in [2.05, 4.69) is 18.7 Å². The maximum Gasteiger partial charge on any atom is 0.308 e. The van der Waals surface area contributed by atoms with E-state index in [9.17, 15) is 14.7 Å². The number of nitrogens with zero attached hydrogens (tertiary/aromatic N) is 1. The van der Waals surface area contributed by atoms with Gasteiger partial charge >= 0.3 is 11.9 Å². The summed E-state index contributed by atoms with van der Waals surface area (Å²) in [6, 6.07) is 0. The summed E-state index contributed by atoms with van der Waals surface area (Å²) >= 11 is 0. The molecule has 0 heterocycles. The molecule has 2 N–H and O–H groups in total. The summed E-state index contributed by atoms with van der Waals surface area (Å²) in [5, 5.41) is 19.7. The molecule has 58 heavy (non-hydrogen) atoms. The smallest absolute Gasteiger partial charge is 0.308 e. The number of esters is 2. The maximum absolute atomic E-state index is 13.0. The third kappa shape index (κ3) is 35.5. The van der Waals surface area contributed by atoms with Gasteiger partial charge in [0.1, 0.15) is 0 Å². The number of hydrogen-bond donors (Lipinski definition) is 2. The molecule has 0 bridgehead atoms. The molecule has 1 aliphatic rings. The largest absolute Gasteiger partial charge is 0.466 e. The van der Waals surface area contributed by atoms with Gasteiger partial charge < -0.3 is 29.3 Å². The molecule has 0 aromatic heterocycles. The van der Waals surface area contributed by atoms with Crippen molar-refractivity contribution < 1.29 is 34.0 Å². The van der Waals surface area contributed by atoms with Crippen LogP contribution in [0.2, 0.25) is 0 Å². The number of ether oxygens (including phenoxy) is 3. The summed E-state index contributed by atoms with van der Waals surface area (Å²) < 4.78 is 16.9. The molecule has 2 unspecified atom stereocenters. The van der Waals surface area contributed by atoms with Gasteiger partial charge in [-0.1, -0.05) is 181 Å². The lowest BCUT2D eigenvalue weighted by Gasteiger charge is -2.25. The SMILES string of the molecule is CCCCCCCCC(CCCCCC)CC(=O)OCCCCCCN(CCCCCCOC(=O)C1CCCCCCCCCCCCCC1)CC(O)COCCO. The molecule has 1 rings (SSSR count). The predicted octanol–water partition coefficient (Wildman–Crippen LogP) is 12.7. The highest BCUT2D eigenvalue weighted by Crippen LogP contribution is 2.24. The van der Waals surface area contributed by atoms with E-state index in [1.54, 1.807) is 0 Å². The second-order valence-electron chi connectivity index (χ2n) is 18.0. The van der Waals surface area contributed by atoms with Gasteiger partial charge in [-0.25, -0.2) is 0 Å². The summed E-state index contributed by atoms with van der Waals surface area (Å²) in [5.74, 6) is 0.558. The first-order chi connectivity index (χ1) is 28.5. The average molecular weight is 824 g/mol. The van der Waals surface area contributed by atoms with Gasteiger partial charge in [0, 0.05) is 13.0 Å². The molecule has 0 aromatic carbocycles. The van der Waals surface area contributed by atoms with Crippen LogP contribution in [0.15, 0.2) is 0 Å². The predicted molar refractivity (Wildman–Crippen MR) is 242 cm³/mol. The third-order valence-electron chi connectivity index (χ3n) is 12.3. The molecule has 1 aliphatic carbocycles. The first kappa shape index (κ1) is 54.8. The number of carbonyl (C=O) groups is 2. The van der Waals surface area contributed by atoms with E-state index in [1.165, 1.54) is 128 Å². The van der Waals surface area contributed by atoms with Crippen molar-refractivity contribution in [3.8, 4) is 0 Å². The minimum absolute atomic E-state index is 0.0135. The van der Waals surface area contributed by atoms with E-state index >= 15 is 0 Å². The molecule has 1 saturated carbocycles. The Hall–Kier alpha value is -1.22. The summed E-state index contributed by atoms with van der Waals surface area (Å²) in [5.41, 5.74) is 0. The van der Waals surface area contributed by atoms with Crippen LogP contribution in [0.1, 0.15) is 239 Å². The minimum atomic E-state index is -0.587. The fourth-order valence-corrected chi connectivity index (χ4v) is 8.63. The number of aliphatic hydroxyl groups is 2. The molecular weight excluding hydrogens is 727 g/mol. The molecule has 0 saturated heterocycles. The van der Waals surface area contributed by atoms with Crippen molar-refractivity contribution in [2.75, 3.05) is 52.7 Å². The van der Waals surface area contributed by atoms with Gasteiger partial charge in [-0.15, -0.1) is 0 Å². The van der Waals surface area contributed by atoms with Crippen LogP contribution in [0.4, 0.5) is 0 Å². The zero-order chi connectivity index (χ0) is 42.0. The number of rotatable bonds is 35. The van der Waals surface area contributed by atoms with E-state index < -0.39 is 6.10 Å². The maximum atomic E-state index is 13.0. The fourth-order valence-electron chi connectivity index (χ4n) is 8.63. The van der Waals surface area contributed by atoms with E-state index in [0.29, 0.717) is 32.1 Å². The topological polar surface area (TPSA) is 106 Å². The highest BCUT2D eigenvalue weighted by atomic mass is 16.5. The molecule has 2 atom stereocenters. The Morgan fingerprint density at radius 3 is 1.55 bits per heavy atom. The molecule has 1 fully saturated rings. The Morgan fingerprint density at radius 1 is 0.569 bits per heavy atom. The summed E-state index contributed by atoms with van der Waals surface area (Å²) in [6.07, 6.45) is 40.7. The Kier molecular flexibility index (Phi) is 40.1. The highest BCUT2D eigenvalue weighted by molar-refractivity contribution is 5.72. The van der Waals surface area contributed by atoms with Gasteiger partial charge in [-0.05, 0) is 70.4 Å². The number of carbonyl (C=O) groups excluding carboxylic acids is 2. The van der Waals surface area contributed by atoms with Gasteiger partial charge in [-0.3, -0.25) is 9.59 Å². The number of aliphatic hydroxyl groups excluding tert-OH is 2. The van der Waals surface area contributed by atoms with Crippen molar-refractivity contribution in [2.24, 2.45) is 11.8 Å². The monoisotopic (exact) mass is 824 g/mol. The van der Waals surface area contributed by atoms with Crippen LogP contribution in [0.5, 0.6) is 0 Å². The first-order valence-corrected chi connectivity index (χ1v) is 25.4. The van der Waals surface area contributed by atoms with Gasteiger partial charge in [-0.2, -0.15) is 0 Å². The van der Waals surface area contributed by atoms with E-state index in [-0.39, 0.29) is 37.7 Å². The summed E-state index contributed by atoms with van der Waals surface area (Å²) in [7, 11) is 0. The fraction of sp³-hybridized carbons (Fsp3) is 0.960. The van der Waals surface area contributed by atoms with Crippen molar-refractivity contribution in [1.29, 1.82) is 0 Å². The Bertz CT molecular complexity index is 872. The van der Waals surface area contributed by atoms with Gasteiger partial charge in [0.25, 0.3) is 0 Å². The number of hydrogen-bond acceptors (Lipinski definition) is 8. The van der Waals surface area contributed by atoms with Crippen molar-refractivity contribution in [3.63, 3.8) is 0 Å². The Labute approximate surface area is 359 Å². The minimum Gasteiger partial charge on any atom is -0.466 e. The van der Waals surface area contributed by atoms with Crippen molar-refractivity contribution in [2.45, 2.75) is 245 Å². The van der Waals surface area contributed by atoms with Gasteiger partial charge in [0.15, 0.2) is 0 Å². The van der Waals surface area contributed by atoms with Crippen LogP contribution in [0.3, 0.4) is 0 Å². The second-order valence-corrected chi connectivity index (χ2v) is 18.0. The first-order valence-electron chi connectivity index (χ1n) is 25.4. The lowest BCUT2D eigenvalue weighted by Crippen LogP contribution is -2.36. The molecule has 0 amide bonds. The van der Waals surface area contributed by atoms with Crippen molar-refractivity contribution in [3.05, 3.63) is 0 Å². The highest BCUT2D eigenvalue weighted by Gasteiger charge is 2.20. The van der Waals surface area contributed by atoms with E-state index in [4.69, 9.17) is 19.3 Å². The Morgan fingerprint density at radius 2 is 1.02 bits per heavy atom. The molecular formula is C50H97NO7. The van der Waals surface area contributed by atoms with Crippen molar-refractivity contribution in [1.82, 2.24) is 4.90 Å². The lowest BCUT2D eigenvalue weighted by atomic mass is 9.91. The van der Waals surface area contributed by atoms with Gasteiger partial charge in [0.2, 0.25) is 0 Å². The van der Waals surface area contributed by atoms with Crippen LogP contribution in [0, 0.1) is 11.8 Å². The van der Waals surface area contributed by atoms with Crippen LogP contribution >= 0.6 is 0 Å². The quantitative estimate of drug-likeness (QED) is 0.0481. The summed E-state index contributed by atoms with van der Waals surface area (Å²) in [4.78, 5) is 28.1. The van der Waals surface area contributed by atoms with Crippen LogP contribution in [-0.2, 0) is 23.8 Å². The van der Waals surface area contributed by atoms with Gasteiger partial charge in [0.05, 0.1) is 45.1 Å². The molecule has 344 valence electrons. The molecule has 8 nitrogen and oxygen atoms in total. The molecule has 0 spiro atoms. The van der Waals surface area contributed by atoms with Crippen LogP contribution < -0.4 is 0 Å². The molecule has 0 radical (unpaired) electrons. The molecule has 8 heteroatoms. The average Bonchev–Trinajstić information content (AvgIpc) is 3.22. The Balaban J connectivity index is 2.35. The zero-order valence-corrected chi connectivity index (χ0v) is 38.5. The standard InChI is InChI=1S/C50H97NO7/c1-3-5-7-9-18-26-34-46(33-25-8-6-4-2)43-49(54)57-40-31-23-21-29-37-51(44-48(53)45-56-42-39-52)38-30-22-24-32-41-58-50(55)47-35-27-19-16-14-12-10-11-13-15-17-20-28-36-47/h46-48,52-53H,3-45H2,1-2H3. The van der Waals surface area contributed by atoms with Crippen molar-refractivity contribution >= 4 is 11.9 Å². The zero-order valence-electron chi connectivity index (χ0n) is 38.5. The second kappa shape index (κ2) is 42.5. The normalized spacial score (nSPS) is 16.4. The van der Waals surface area contributed by atoms with E-state index in [1.807, 2.05) is 0 Å². The number of unbranched alkanes of at least 4 members (excludes halogenated alkanes) is 14. The van der Waals surface area contributed by atoms with Crippen LogP contribution in [0.25, 0.3) is 0 Å². The van der Waals surface area contributed by atoms with Crippen LogP contribution in [-0.4, -0.2) is 85.8 Å². The summed E-state index contributed by atoms with van der Waals surface area (Å²) in [6.45, 7) is 8.35. The van der Waals surface area contributed by atoms with E-state index in [0.717, 1.165) is 103 Å². The lowest BCUT2D eigenvalue weighted by molar-refractivity contribution is -0.149. The molecule has 0 aliphatic heterocycles. The molecule has 0 aromatic rings. The third-order valence-corrected chi connectivity index (χ3v) is 12.3.